The van der Waals surface area contributed by atoms with Crippen LogP contribution >= 0.6 is 0 Å². The maximum Gasteiger partial charge on any atom is 0.123 e. The minimum Gasteiger partial charge on any atom is -0.381 e. The first-order valence-corrected chi connectivity index (χ1v) is 7.22. The Balaban J connectivity index is 1.59. The van der Waals surface area contributed by atoms with Crippen LogP contribution in [0.5, 0.6) is 0 Å². The standard InChI is InChI=1S/C17H19FN2O/c18-15-3-1-2-14(12-15)13-19-16-4-6-17(7-5-16)20-8-10-21-11-9-20/h1-7,12,19H,8-11,13H2. The molecule has 2 aromatic carbocycles. The maximum atomic E-state index is 13.1. The van der Waals surface area contributed by atoms with E-state index in [2.05, 4.69) is 34.5 Å². The minimum atomic E-state index is -0.197. The van der Waals surface area contributed by atoms with E-state index in [4.69, 9.17) is 4.74 Å². The fraction of sp³-hybridized carbons (Fsp3) is 0.294. The van der Waals surface area contributed by atoms with Gasteiger partial charge >= 0.3 is 0 Å². The van der Waals surface area contributed by atoms with E-state index in [9.17, 15) is 4.39 Å². The van der Waals surface area contributed by atoms with Gasteiger partial charge in [0.25, 0.3) is 0 Å². The van der Waals surface area contributed by atoms with E-state index < -0.39 is 0 Å². The van der Waals surface area contributed by atoms with Gasteiger partial charge in [0.15, 0.2) is 0 Å². The van der Waals surface area contributed by atoms with Crippen molar-refractivity contribution in [1.82, 2.24) is 0 Å². The second-order valence-electron chi connectivity index (χ2n) is 5.13. The Labute approximate surface area is 124 Å². The van der Waals surface area contributed by atoms with E-state index in [1.54, 1.807) is 12.1 Å². The van der Waals surface area contributed by atoms with E-state index in [-0.39, 0.29) is 5.82 Å². The predicted molar refractivity (Wildman–Crippen MR) is 83.2 cm³/mol. The monoisotopic (exact) mass is 286 g/mol. The van der Waals surface area contributed by atoms with Crippen molar-refractivity contribution in [3.8, 4) is 0 Å². The molecule has 2 aromatic rings. The number of hydrogen-bond donors (Lipinski definition) is 1. The van der Waals surface area contributed by atoms with Crippen LogP contribution in [-0.4, -0.2) is 26.3 Å². The highest BCUT2D eigenvalue weighted by molar-refractivity contribution is 5.55. The summed E-state index contributed by atoms with van der Waals surface area (Å²) in [5, 5.41) is 3.31. The summed E-state index contributed by atoms with van der Waals surface area (Å²) in [5.74, 6) is -0.197. The quantitative estimate of drug-likeness (QED) is 0.933. The minimum absolute atomic E-state index is 0.197. The van der Waals surface area contributed by atoms with Gasteiger partial charge in [0.05, 0.1) is 13.2 Å². The molecule has 21 heavy (non-hydrogen) atoms. The van der Waals surface area contributed by atoms with Crippen LogP contribution in [0.4, 0.5) is 15.8 Å². The summed E-state index contributed by atoms with van der Waals surface area (Å²) < 4.78 is 18.5. The number of anilines is 2. The van der Waals surface area contributed by atoms with Gasteiger partial charge in [-0.25, -0.2) is 4.39 Å². The molecule has 1 heterocycles. The van der Waals surface area contributed by atoms with Gasteiger partial charge in [-0.05, 0) is 42.0 Å². The van der Waals surface area contributed by atoms with Gasteiger partial charge in [-0.1, -0.05) is 12.1 Å². The van der Waals surface area contributed by atoms with Crippen molar-refractivity contribution >= 4 is 11.4 Å². The molecule has 0 amide bonds. The predicted octanol–water partition coefficient (Wildman–Crippen LogP) is 3.27. The summed E-state index contributed by atoms with van der Waals surface area (Å²) in [6.45, 7) is 4.08. The molecule has 0 spiro atoms. The molecular formula is C17H19FN2O. The van der Waals surface area contributed by atoms with Crippen LogP contribution in [0.1, 0.15) is 5.56 Å². The lowest BCUT2D eigenvalue weighted by Gasteiger charge is -2.28. The van der Waals surface area contributed by atoms with E-state index in [0.717, 1.165) is 37.6 Å². The third-order valence-corrected chi connectivity index (χ3v) is 3.63. The fourth-order valence-electron chi connectivity index (χ4n) is 2.46. The normalized spacial score (nSPS) is 15.0. The Morgan fingerprint density at radius 3 is 2.52 bits per heavy atom. The number of ether oxygens (including phenoxy) is 1. The second-order valence-corrected chi connectivity index (χ2v) is 5.13. The van der Waals surface area contributed by atoms with E-state index in [0.29, 0.717) is 6.54 Å². The van der Waals surface area contributed by atoms with Crippen molar-refractivity contribution in [2.24, 2.45) is 0 Å². The summed E-state index contributed by atoms with van der Waals surface area (Å²) in [5.41, 5.74) is 3.19. The number of nitrogens with one attached hydrogen (secondary N) is 1. The molecule has 1 aliphatic heterocycles. The molecule has 0 radical (unpaired) electrons. The van der Waals surface area contributed by atoms with Crippen molar-refractivity contribution in [2.75, 3.05) is 36.5 Å². The van der Waals surface area contributed by atoms with Crippen LogP contribution in [-0.2, 0) is 11.3 Å². The lowest BCUT2D eigenvalue weighted by Crippen LogP contribution is -2.36. The number of benzene rings is 2. The lowest BCUT2D eigenvalue weighted by molar-refractivity contribution is 0.122. The molecule has 110 valence electrons. The molecule has 0 unspecified atom stereocenters. The third kappa shape index (κ3) is 3.73. The number of morpholine rings is 1. The van der Waals surface area contributed by atoms with E-state index in [1.807, 2.05) is 6.07 Å². The average Bonchev–Trinajstić information content (AvgIpc) is 2.54. The number of nitrogens with zero attached hydrogens (tertiary/aromatic N) is 1. The fourth-order valence-corrected chi connectivity index (χ4v) is 2.46. The zero-order chi connectivity index (χ0) is 14.5. The Hall–Kier alpha value is -2.07. The molecule has 0 atom stereocenters. The van der Waals surface area contributed by atoms with Crippen molar-refractivity contribution in [3.63, 3.8) is 0 Å². The first-order valence-electron chi connectivity index (χ1n) is 7.22. The topological polar surface area (TPSA) is 24.5 Å². The molecule has 3 rings (SSSR count). The van der Waals surface area contributed by atoms with Crippen molar-refractivity contribution in [2.45, 2.75) is 6.54 Å². The Morgan fingerprint density at radius 2 is 1.81 bits per heavy atom. The number of hydrogen-bond acceptors (Lipinski definition) is 3. The highest BCUT2D eigenvalue weighted by Gasteiger charge is 2.10. The SMILES string of the molecule is Fc1cccc(CNc2ccc(N3CCOCC3)cc2)c1. The maximum absolute atomic E-state index is 13.1. The molecule has 1 N–H and O–H groups in total. The lowest BCUT2D eigenvalue weighted by atomic mass is 10.2. The first-order chi connectivity index (χ1) is 10.3. The molecule has 3 nitrogen and oxygen atoms in total. The Kier molecular flexibility index (Phi) is 4.36. The van der Waals surface area contributed by atoms with Gasteiger partial charge < -0.3 is 15.0 Å². The van der Waals surface area contributed by atoms with Gasteiger partial charge in [-0.2, -0.15) is 0 Å². The van der Waals surface area contributed by atoms with Gasteiger partial charge in [-0.15, -0.1) is 0 Å². The van der Waals surface area contributed by atoms with Crippen molar-refractivity contribution < 1.29 is 9.13 Å². The third-order valence-electron chi connectivity index (χ3n) is 3.63. The summed E-state index contributed by atoms with van der Waals surface area (Å²) in [6.07, 6.45) is 0. The highest BCUT2D eigenvalue weighted by Crippen LogP contribution is 2.19. The van der Waals surface area contributed by atoms with Crippen LogP contribution < -0.4 is 10.2 Å². The van der Waals surface area contributed by atoms with E-state index >= 15 is 0 Å². The number of rotatable bonds is 4. The van der Waals surface area contributed by atoms with Gasteiger partial charge in [0.2, 0.25) is 0 Å². The highest BCUT2D eigenvalue weighted by atomic mass is 19.1. The summed E-state index contributed by atoms with van der Waals surface area (Å²) >= 11 is 0. The number of halogens is 1. The van der Waals surface area contributed by atoms with Crippen LogP contribution in [0.25, 0.3) is 0 Å². The Bertz CT molecular complexity index is 580. The molecule has 0 aliphatic carbocycles. The molecule has 0 aromatic heterocycles. The molecule has 1 aliphatic rings. The molecular weight excluding hydrogens is 267 g/mol. The molecule has 0 bridgehead atoms. The van der Waals surface area contributed by atoms with Crippen LogP contribution in [0.2, 0.25) is 0 Å². The smallest absolute Gasteiger partial charge is 0.123 e. The van der Waals surface area contributed by atoms with Gasteiger partial charge in [0.1, 0.15) is 5.82 Å². The molecule has 0 saturated carbocycles. The first kappa shape index (κ1) is 13.9. The van der Waals surface area contributed by atoms with Crippen LogP contribution in [0.15, 0.2) is 48.5 Å². The van der Waals surface area contributed by atoms with Crippen LogP contribution in [0.3, 0.4) is 0 Å². The largest absolute Gasteiger partial charge is 0.381 e. The Morgan fingerprint density at radius 1 is 1.05 bits per heavy atom. The van der Waals surface area contributed by atoms with Gasteiger partial charge in [-0.3, -0.25) is 0 Å². The summed E-state index contributed by atoms with van der Waals surface area (Å²) in [6, 6.07) is 15.0. The average molecular weight is 286 g/mol. The summed E-state index contributed by atoms with van der Waals surface area (Å²) in [4.78, 5) is 2.32. The summed E-state index contributed by atoms with van der Waals surface area (Å²) in [7, 11) is 0. The van der Waals surface area contributed by atoms with Crippen molar-refractivity contribution in [3.05, 3.63) is 59.9 Å². The molecule has 4 heteroatoms. The van der Waals surface area contributed by atoms with E-state index in [1.165, 1.54) is 11.8 Å². The molecule has 1 saturated heterocycles. The zero-order valence-electron chi connectivity index (χ0n) is 11.9. The second kappa shape index (κ2) is 6.59. The van der Waals surface area contributed by atoms with Gasteiger partial charge in [0, 0.05) is 31.0 Å². The zero-order valence-corrected chi connectivity index (χ0v) is 11.9. The van der Waals surface area contributed by atoms with Crippen molar-refractivity contribution in [1.29, 1.82) is 0 Å². The van der Waals surface area contributed by atoms with Crippen LogP contribution in [0, 0.1) is 5.82 Å². The molecule has 1 fully saturated rings.